The topological polar surface area (TPSA) is 104 Å². The van der Waals surface area contributed by atoms with Crippen molar-refractivity contribution < 1.29 is 19.2 Å². The Labute approximate surface area is 192 Å². The summed E-state index contributed by atoms with van der Waals surface area (Å²) in [5.74, 6) is -1.03. The summed E-state index contributed by atoms with van der Waals surface area (Å²) in [4.78, 5) is 39.9. The normalized spacial score (nSPS) is 11.5. The first-order valence-electron chi connectivity index (χ1n) is 10.0. The first-order chi connectivity index (χ1) is 15.9. The van der Waals surface area contributed by atoms with Crippen LogP contribution in [-0.2, 0) is 22.5 Å². The van der Waals surface area contributed by atoms with E-state index in [2.05, 4.69) is 4.99 Å². The number of benzene rings is 3. The van der Waals surface area contributed by atoms with E-state index < -0.39 is 16.8 Å². The number of nitro benzene ring substituents is 1. The zero-order valence-electron chi connectivity index (χ0n) is 17.6. The first kappa shape index (κ1) is 22.1. The molecular weight excluding hydrogens is 442 g/mol. The van der Waals surface area contributed by atoms with Gasteiger partial charge >= 0.3 is 5.97 Å². The van der Waals surface area contributed by atoms with Crippen molar-refractivity contribution in [2.75, 3.05) is 7.11 Å². The number of carbonyl (C=O) groups is 2. The lowest BCUT2D eigenvalue weighted by atomic mass is 10.0. The molecule has 3 aromatic carbocycles. The van der Waals surface area contributed by atoms with E-state index in [0.717, 1.165) is 12.0 Å². The average Bonchev–Trinajstić information content (AvgIpc) is 3.16. The molecule has 1 aromatic heterocycles. The van der Waals surface area contributed by atoms with Crippen LogP contribution in [0.5, 0.6) is 0 Å². The van der Waals surface area contributed by atoms with Gasteiger partial charge in [0.25, 0.3) is 11.6 Å². The number of amides is 1. The maximum Gasteiger partial charge on any atom is 0.325 e. The molecule has 0 fully saturated rings. The molecular formula is C24H19N3O5S. The van der Waals surface area contributed by atoms with E-state index in [1.54, 1.807) is 18.2 Å². The lowest BCUT2D eigenvalue weighted by Crippen LogP contribution is -2.22. The SMILES string of the molecule is COC(=O)Cn1c(=NC(=O)c2ccc(Cc3ccccc3)cc2)sc2ccc([N+](=O)[O-])cc21. The van der Waals surface area contributed by atoms with Gasteiger partial charge in [-0.15, -0.1) is 0 Å². The smallest absolute Gasteiger partial charge is 0.325 e. The van der Waals surface area contributed by atoms with Crippen LogP contribution in [-0.4, -0.2) is 28.5 Å². The quantitative estimate of drug-likeness (QED) is 0.244. The summed E-state index contributed by atoms with van der Waals surface area (Å²) in [5.41, 5.74) is 2.95. The highest BCUT2D eigenvalue weighted by Crippen LogP contribution is 2.23. The van der Waals surface area contributed by atoms with Crippen LogP contribution in [0.25, 0.3) is 10.2 Å². The number of hydrogen-bond donors (Lipinski definition) is 0. The molecule has 9 heteroatoms. The van der Waals surface area contributed by atoms with Crippen LogP contribution in [0, 0.1) is 10.1 Å². The number of carbonyl (C=O) groups excluding carboxylic acids is 2. The maximum atomic E-state index is 12.8. The number of esters is 1. The predicted molar refractivity (Wildman–Crippen MR) is 124 cm³/mol. The molecule has 8 nitrogen and oxygen atoms in total. The van der Waals surface area contributed by atoms with Crippen molar-refractivity contribution in [2.45, 2.75) is 13.0 Å². The number of fused-ring (bicyclic) bond motifs is 1. The van der Waals surface area contributed by atoms with Gasteiger partial charge in [0.05, 0.1) is 22.2 Å². The van der Waals surface area contributed by atoms with E-state index in [4.69, 9.17) is 4.74 Å². The lowest BCUT2D eigenvalue weighted by Gasteiger charge is -2.04. The van der Waals surface area contributed by atoms with E-state index in [0.29, 0.717) is 15.8 Å². The Morgan fingerprint density at radius 1 is 1.03 bits per heavy atom. The molecule has 0 aliphatic carbocycles. The molecule has 1 heterocycles. The summed E-state index contributed by atoms with van der Waals surface area (Å²) in [6, 6.07) is 21.5. The van der Waals surface area contributed by atoms with Crippen LogP contribution in [0.4, 0.5) is 5.69 Å². The van der Waals surface area contributed by atoms with Crippen molar-refractivity contribution in [3.05, 3.63) is 104 Å². The lowest BCUT2D eigenvalue weighted by molar-refractivity contribution is -0.384. The summed E-state index contributed by atoms with van der Waals surface area (Å²) in [7, 11) is 1.25. The second-order valence-electron chi connectivity index (χ2n) is 7.23. The molecule has 0 bridgehead atoms. The molecule has 0 unspecified atom stereocenters. The molecule has 166 valence electrons. The molecule has 1 amide bonds. The van der Waals surface area contributed by atoms with Crippen molar-refractivity contribution in [2.24, 2.45) is 4.99 Å². The predicted octanol–water partition coefficient (Wildman–Crippen LogP) is 4.12. The van der Waals surface area contributed by atoms with E-state index in [1.807, 2.05) is 42.5 Å². The highest BCUT2D eigenvalue weighted by molar-refractivity contribution is 7.16. The fourth-order valence-corrected chi connectivity index (χ4v) is 4.36. The van der Waals surface area contributed by atoms with E-state index in [1.165, 1.54) is 40.7 Å². The third kappa shape index (κ3) is 5.04. The van der Waals surface area contributed by atoms with Gasteiger partial charge in [-0.1, -0.05) is 53.8 Å². The zero-order chi connectivity index (χ0) is 23.4. The molecule has 0 radical (unpaired) electrons. The van der Waals surface area contributed by atoms with Gasteiger partial charge in [0.2, 0.25) is 0 Å². The second-order valence-corrected chi connectivity index (χ2v) is 8.24. The molecule has 0 N–H and O–H groups in total. The molecule has 0 aliphatic heterocycles. The molecule has 0 saturated carbocycles. The average molecular weight is 461 g/mol. The number of hydrogen-bond acceptors (Lipinski definition) is 6. The molecule has 0 aliphatic rings. The molecule has 4 rings (SSSR count). The van der Waals surface area contributed by atoms with Gasteiger partial charge in [0.1, 0.15) is 6.54 Å². The van der Waals surface area contributed by atoms with E-state index in [9.17, 15) is 19.7 Å². The minimum absolute atomic E-state index is 0.120. The molecule has 0 atom stereocenters. The summed E-state index contributed by atoms with van der Waals surface area (Å²) in [5, 5.41) is 11.2. The summed E-state index contributed by atoms with van der Waals surface area (Å²) in [6.07, 6.45) is 0.751. The highest BCUT2D eigenvalue weighted by Gasteiger charge is 2.16. The van der Waals surface area contributed by atoms with Gasteiger partial charge in [-0.05, 0) is 35.7 Å². The fourth-order valence-electron chi connectivity index (χ4n) is 3.35. The van der Waals surface area contributed by atoms with Gasteiger partial charge in [-0.3, -0.25) is 19.7 Å². The van der Waals surface area contributed by atoms with Gasteiger partial charge in [-0.25, -0.2) is 0 Å². The standard InChI is InChI=1S/C24H19N3O5S/c1-32-22(28)15-26-20-14-19(27(30)31)11-12-21(20)33-24(26)25-23(29)18-9-7-17(8-10-18)13-16-5-3-2-4-6-16/h2-12,14H,13,15H2,1H3. The van der Waals surface area contributed by atoms with Crippen molar-refractivity contribution in [1.82, 2.24) is 4.57 Å². The number of nitro groups is 1. The minimum Gasteiger partial charge on any atom is -0.468 e. The Morgan fingerprint density at radius 3 is 2.39 bits per heavy atom. The van der Waals surface area contributed by atoms with Crippen molar-refractivity contribution in [3.63, 3.8) is 0 Å². The summed E-state index contributed by atoms with van der Waals surface area (Å²) in [6.45, 7) is -0.222. The third-order valence-electron chi connectivity index (χ3n) is 5.04. The Balaban J connectivity index is 1.68. The van der Waals surface area contributed by atoms with Crippen molar-refractivity contribution in [3.8, 4) is 0 Å². The number of ether oxygens (including phenoxy) is 1. The van der Waals surface area contributed by atoms with Crippen LogP contribution in [0.3, 0.4) is 0 Å². The fraction of sp³-hybridized carbons (Fsp3) is 0.125. The largest absolute Gasteiger partial charge is 0.468 e. The Bertz CT molecular complexity index is 1410. The van der Waals surface area contributed by atoms with Gasteiger partial charge in [0, 0.05) is 17.7 Å². The van der Waals surface area contributed by atoms with Crippen molar-refractivity contribution >= 4 is 39.1 Å². The van der Waals surface area contributed by atoms with Gasteiger partial charge in [0.15, 0.2) is 4.80 Å². The van der Waals surface area contributed by atoms with Crippen LogP contribution >= 0.6 is 11.3 Å². The number of non-ortho nitro benzene ring substituents is 1. The van der Waals surface area contributed by atoms with Crippen LogP contribution in [0.2, 0.25) is 0 Å². The number of thiazole rings is 1. The van der Waals surface area contributed by atoms with E-state index in [-0.39, 0.29) is 17.0 Å². The maximum absolute atomic E-state index is 12.8. The van der Waals surface area contributed by atoms with E-state index >= 15 is 0 Å². The Hall–Kier alpha value is -4.11. The third-order valence-corrected chi connectivity index (χ3v) is 6.10. The number of rotatable bonds is 6. The van der Waals surface area contributed by atoms with Crippen LogP contribution in [0.15, 0.2) is 77.8 Å². The summed E-state index contributed by atoms with van der Waals surface area (Å²) < 4.78 is 6.86. The molecule has 4 aromatic rings. The highest BCUT2D eigenvalue weighted by atomic mass is 32.1. The number of aromatic nitrogens is 1. The van der Waals surface area contributed by atoms with Gasteiger partial charge in [-0.2, -0.15) is 4.99 Å². The molecule has 0 spiro atoms. The monoisotopic (exact) mass is 461 g/mol. The Kier molecular flexibility index (Phi) is 6.41. The molecule has 0 saturated heterocycles. The zero-order valence-corrected chi connectivity index (χ0v) is 18.5. The Morgan fingerprint density at radius 2 is 1.73 bits per heavy atom. The summed E-state index contributed by atoms with van der Waals surface area (Å²) >= 11 is 1.17. The second kappa shape index (κ2) is 9.58. The van der Waals surface area contributed by atoms with Crippen LogP contribution in [0.1, 0.15) is 21.5 Å². The molecule has 33 heavy (non-hydrogen) atoms. The number of nitrogens with zero attached hydrogens (tertiary/aromatic N) is 3. The van der Waals surface area contributed by atoms with Gasteiger partial charge < -0.3 is 9.30 Å². The van der Waals surface area contributed by atoms with Crippen LogP contribution < -0.4 is 4.80 Å². The number of methoxy groups -OCH3 is 1. The minimum atomic E-state index is -0.555. The first-order valence-corrected chi connectivity index (χ1v) is 10.8. The van der Waals surface area contributed by atoms with Crippen molar-refractivity contribution in [1.29, 1.82) is 0 Å².